The van der Waals surface area contributed by atoms with E-state index in [0.717, 1.165) is 22.0 Å². The van der Waals surface area contributed by atoms with Crippen molar-refractivity contribution in [1.82, 2.24) is 15.0 Å². The van der Waals surface area contributed by atoms with Crippen molar-refractivity contribution in [3.05, 3.63) is 67.0 Å². The first-order chi connectivity index (χ1) is 13.4. The van der Waals surface area contributed by atoms with Crippen LogP contribution in [0.3, 0.4) is 0 Å². The molecule has 2 aromatic carbocycles. The third-order valence-corrected chi connectivity index (χ3v) is 5.08. The quantitative estimate of drug-likeness (QED) is 0.485. The summed E-state index contributed by atoms with van der Waals surface area (Å²) in [4.78, 5) is 13.1. The number of nitrogens with two attached hydrogens (primary N) is 2. The zero-order chi connectivity index (χ0) is 19.7. The number of nitrogen functional groups attached to an aromatic ring is 1. The molecule has 4 rings (SSSR count). The SMILES string of the molecule is Nc1ccc(-c2cccc3cnc(Nc4ccc(S(N)(=O)=O)cc4)nc23)cn1. The minimum absolute atomic E-state index is 0.0376. The second-order valence-electron chi connectivity index (χ2n) is 6.10. The lowest BCUT2D eigenvalue weighted by Gasteiger charge is -2.09. The van der Waals surface area contributed by atoms with E-state index in [1.165, 1.54) is 12.1 Å². The highest BCUT2D eigenvalue weighted by Crippen LogP contribution is 2.28. The summed E-state index contributed by atoms with van der Waals surface area (Å²) in [5.74, 6) is 0.829. The Morgan fingerprint density at radius 3 is 2.36 bits per heavy atom. The number of sulfonamides is 1. The van der Waals surface area contributed by atoms with Gasteiger partial charge in [-0.25, -0.2) is 28.5 Å². The lowest BCUT2D eigenvalue weighted by Crippen LogP contribution is -2.11. The van der Waals surface area contributed by atoms with E-state index in [9.17, 15) is 8.42 Å². The van der Waals surface area contributed by atoms with E-state index in [0.29, 0.717) is 17.5 Å². The average molecular weight is 392 g/mol. The van der Waals surface area contributed by atoms with Gasteiger partial charge in [0.05, 0.1) is 10.4 Å². The molecule has 0 bridgehead atoms. The van der Waals surface area contributed by atoms with Gasteiger partial charge in [0.2, 0.25) is 16.0 Å². The third-order valence-electron chi connectivity index (χ3n) is 4.15. The fourth-order valence-electron chi connectivity index (χ4n) is 2.77. The Labute approximate surface area is 161 Å². The normalized spacial score (nSPS) is 11.5. The van der Waals surface area contributed by atoms with Crippen LogP contribution < -0.4 is 16.2 Å². The molecule has 5 N–H and O–H groups in total. The van der Waals surface area contributed by atoms with Crippen molar-refractivity contribution in [2.24, 2.45) is 5.14 Å². The molecule has 2 aromatic heterocycles. The number of hydrogen-bond donors (Lipinski definition) is 3. The molecule has 0 aliphatic carbocycles. The lowest BCUT2D eigenvalue weighted by atomic mass is 10.0. The molecular formula is C19H16N6O2S. The van der Waals surface area contributed by atoms with Crippen LogP contribution in [0.4, 0.5) is 17.5 Å². The van der Waals surface area contributed by atoms with E-state index in [4.69, 9.17) is 10.9 Å². The van der Waals surface area contributed by atoms with Gasteiger partial charge in [-0.05, 0) is 36.4 Å². The Morgan fingerprint density at radius 1 is 0.893 bits per heavy atom. The molecule has 0 fully saturated rings. The highest BCUT2D eigenvalue weighted by Gasteiger charge is 2.10. The fraction of sp³-hybridized carbons (Fsp3) is 0. The van der Waals surface area contributed by atoms with Gasteiger partial charge in [-0.3, -0.25) is 0 Å². The summed E-state index contributed by atoms with van der Waals surface area (Å²) >= 11 is 0. The average Bonchev–Trinajstić information content (AvgIpc) is 2.68. The Hall–Kier alpha value is -3.56. The maximum Gasteiger partial charge on any atom is 0.238 e. The van der Waals surface area contributed by atoms with Crippen LogP contribution in [0, 0.1) is 0 Å². The minimum Gasteiger partial charge on any atom is -0.384 e. The number of aromatic nitrogens is 3. The summed E-state index contributed by atoms with van der Waals surface area (Å²) in [6.07, 6.45) is 3.42. The van der Waals surface area contributed by atoms with Gasteiger partial charge in [0, 0.05) is 34.6 Å². The number of fused-ring (bicyclic) bond motifs is 1. The van der Waals surface area contributed by atoms with Crippen molar-refractivity contribution in [2.45, 2.75) is 4.90 Å². The van der Waals surface area contributed by atoms with Crippen molar-refractivity contribution in [1.29, 1.82) is 0 Å². The highest BCUT2D eigenvalue weighted by atomic mass is 32.2. The Kier molecular flexibility index (Phi) is 4.38. The molecule has 0 atom stereocenters. The molecule has 0 unspecified atom stereocenters. The summed E-state index contributed by atoms with van der Waals surface area (Å²) < 4.78 is 22.7. The van der Waals surface area contributed by atoms with Crippen LogP contribution in [-0.2, 0) is 10.0 Å². The number of pyridine rings is 1. The van der Waals surface area contributed by atoms with Crippen LogP contribution in [0.1, 0.15) is 0 Å². The van der Waals surface area contributed by atoms with Crippen molar-refractivity contribution in [3.63, 3.8) is 0 Å². The summed E-state index contributed by atoms with van der Waals surface area (Å²) in [5, 5.41) is 9.07. The minimum atomic E-state index is -3.73. The summed E-state index contributed by atoms with van der Waals surface area (Å²) in [6, 6.07) is 15.5. The smallest absolute Gasteiger partial charge is 0.238 e. The predicted molar refractivity (Wildman–Crippen MR) is 108 cm³/mol. The number of nitrogens with one attached hydrogen (secondary N) is 1. The molecule has 28 heavy (non-hydrogen) atoms. The van der Waals surface area contributed by atoms with Gasteiger partial charge >= 0.3 is 0 Å². The molecule has 0 radical (unpaired) electrons. The first-order valence-corrected chi connectivity index (χ1v) is 9.82. The second-order valence-corrected chi connectivity index (χ2v) is 7.66. The van der Waals surface area contributed by atoms with E-state index in [2.05, 4.69) is 20.3 Å². The maximum absolute atomic E-state index is 11.4. The first kappa shape index (κ1) is 17.8. The Morgan fingerprint density at radius 2 is 1.68 bits per heavy atom. The molecule has 8 nitrogen and oxygen atoms in total. The lowest BCUT2D eigenvalue weighted by molar-refractivity contribution is 0.598. The van der Waals surface area contributed by atoms with Gasteiger partial charge in [-0.2, -0.15) is 0 Å². The maximum atomic E-state index is 11.4. The fourth-order valence-corrected chi connectivity index (χ4v) is 3.29. The third kappa shape index (κ3) is 3.61. The first-order valence-electron chi connectivity index (χ1n) is 8.28. The largest absolute Gasteiger partial charge is 0.384 e. The predicted octanol–water partition coefficient (Wildman–Crippen LogP) is 2.67. The molecule has 140 valence electrons. The molecule has 0 amide bonds. The van der Waals surface area contributed by atoms with Crippen LogP contribution in [0.15, 0.2) is 71.9 Å². The van der Waals surface area contributed by atoms with Crippen LogP contribution >= 0.6 is 0 Å². The number of anilines is 3. The van der Waals surface area contributed by atoms with E-state index < -0.39 is 10.0 Å². The molecular weight excluding hydrogens is 376 g/mol. The van der Waals surface area contributed by atoms with Gasteiger partial charge in [-0.1, -0.05) is 18.2 Å². The zero-order valence-electron chi connectivity index (χ0n) is 14.6. The van der Waals surface area contributed by atoms with Gasteiger partial charge in [0.25, 0.3) is 0 Å². The molecule has 0 aliphatic rings. The van der Waals surface area contributed by atoms with Gasteiger partial charge in [0.15, 0.2) is 0 Å². The Bertz CT molecular complexity index is 1260. The molecule has 0 saturated carbocycles. The van der Waals surface area contributed by atoms with Crippen molar-refractivity contribution in [2.75, 3.05) is 11.1 Å². The van der Waals surface area contributed by atoms with Crippen LogP contribution in [0.25, 0.3) is 22.0 Å². The van der Waals surface area contributed by atoms with E-state index in [1.54, 1.807) is 30.6 Å². The van der Waals surface area contributed by atoms with Gasteiger partial charge in [-0.15, -0.1) is 0 Å². The van der Waals surface area contributed by atoms with E-state index in [1.807, 2.05) is 24.3 Å². The number of rotatable bonds is 4. The van der Waals surface area contributed by atoms with Crippen LogP contribution in [0.2, 0.25) is 0 Å². The second kappa shape index (κ2) is 6.87. The van der Waals surface area contributed by atoms with Crippen molar-refractivity contribution < 1.29 is 8.42 Å². The standard InChI is InChI=1S/C19H16N6O2S/c20-17-9-4-12(10-22-17)16-3-1-2-13-11-23-19(25-18(13)16)24-14-5-7-15(8-6-14)28(21,26)27/h1-11H,(H2,20,22)(H2,21,26,27)(H,23,24,25). The zero-order valence-corrected chi connectivity index (χ0v) is 15.4. The summed E-state index contributed by atoms with van der Waals surface area (Å²) in [5.41, 5.74) is 8.86. The molecule has 9 heteroatoms. The number of benzene rings is 2. The highest BCUT2D eigenvalue weighted by molar-refractivity contribution is 7.89. The van der Waals surface area contributed by atoms with E-state index >= 15 is 0 Å². The number of para-hydroxylation sites is 1. The van der Waals surface area contributed by atoms with Crippen LogP contribution in [-0.4, -0.2) is 23.4 Å². The van der Waals surface area contributed by atoms with Gasteiger partial charge in [0.1, 0.15) is 5.82 Å². The molecule has 0 saturated heterocycles. The number of hydrogen-bond acceptors (Lipinski definition) is 7. The number of nitrogens with zero attached hydrogens (tertiary/aromatic N) is 3. The summed E-state index contributed by atoms with van der Waals surface area (Å²) in [6.45, 7) is 0. The van der Waals surface area contributed by atoms with Crippen molar-refractivity contribution >= 4 is 38.4 Å². The van der Waals surface area contributed by atoms with Gasteiger partial charge < -0.3 is 11.1 Å². The summed E-state index contributed by atoms with van der Waals surface area (Å²) in [7, 11) is -3.73. The number of primary sulfonamides is 1. The Balaban J connectivity index is 1.71. The topological polar surface area (TPSA) is 137 Å². The van der Waals surface area contributed by atoms with Crippen LogP contribution in [0.5, 0.6) is 0 Å². The van der Waals surface area contributed by atoms with E-state index in [-0.39, 0.29) is 4.90 Å². The molecule has 0 spiro atoms. The monoisotopic (exact) mass is 392 g/mol. The van der Waals surface area contributed by atoms with Crippen molar-refractivity contribution in [3.8, 4) is 11.1 Å². The molecule has 2 heterocycles. The molecule has 0 aliphatic heterocycles. The molecule has 4 aromatic rings.